The predicted molar refractivity (Wildman–Crippen MR) is 91.5 cm³/mol. The topological polar surface area (TPSA) is 81.2 Å². The molecule has 3 rings (SSSR count). The maximum absolute atomic E-state index is 11.9. The summed E-state index contributed by atoms with van der Waals surface area (Å²) in [6.07, 6.45) is 0.669. The number of amides is 1. The van der Waals surface area contributed by atoms with Crippen LogP contribution < -0.4 is 5.32 Å². The van der Waals surface area contributed by atoms with Gasteiger partial charge in [0.05, 0.1) is 18.2 Å². The number of nitrogens with zero attached hydrogens (tertiary/aromatic N) is 2. The zero-order valence-corrected chi connectivity index (χ0v) is 14.0. The second kappa shape index (κ2) is 7.59. The summed E-state index contributed by atoms with van der Waals surface area (Å²) in [7, 11) is 0. The minimum absolute atomic E-state index is 0.121. The summed E-state index contributed by atoms with van der Waals surface area (Å²) in [5, 5.41) is 19.8. The molecule has 2 heterocycles. The molecule has 1 aromatic carbocycles. The number of nitrogens with one attached hydrogen (secondary N) is 2. The summed E-state index contributed by atoms with van der Waals surface area (Å²) in [5.74, 6) is -0.121. The Morgan fingerprint density at radius 3 is 2.96 bits per heavy atom. The Morgan fingerprint density at radius 2 is 2.21 bits per heavy atom. The Labute approximate surface area is 141 Å². The zero-order valence-electron chi connectivity index (χ0n) is 14.0. The molecule has 0 saturated heterocycles. The average molecular weight is 328 g/mol. The largest absolute Gasteiger partial charge is 0.390 e. The first-order valence-corrected chi connectivity index (χ1v) is 8.35. The number of aliphatic hydroxyl groups is 1. The summed E-state index contributed by atoms with van der Waals surface area (Å²) < 4.78 is 0. The fourth-order valence-electron chi connectivity index (χ4n) is 3.10. The Kier molecular flexibility index (Phi) is 5.27. The average Bonchev–Trinajstić information content (AvgIpc) is 2.98. The molecule has 0 spiro atoms. The molecular formula is C18H24N4O2. The molecule has 1 aliphatic heterocycles. The fourth-order valence-corrected chi connectivity index (χ4v) is 3.10. The van der Waals surface area contributed by atoms with Crippen LogP contribution in [-0.2, 0) is 24.2 Å². The number of H-pyrrole nitrogens is 1. The van der Waals surface area contributed by atoms with Gasteiger partial charge in [0.25, 0.3) is 0 Å². The number of carbonyl (C=O) groups is 1. The third-order valence-electron chi connectivity index (χ3n) is 4.31. The van der Waals surface area contributed by atoms with Crippen molar-refractivity contribution in [1.82, 2.24) is 20.4 Å². The Balaban J connectivity index is 1.41. The minimum Gasteiger partial charge on any atom is -0.390 e. The summed E-state index contributed by atoms with van der Waals surface area (Å²) in [6, 6.07) is 10.3. The van der Waals surface area contributed by atoms with E-state index in [9.17, 15) is 9.90 Å². The number of hydrogen-bond acceptors (Lipinski definition) is 4. The van der Waals surface area contributed by atoms with Gasteiger partial charge < -0.3 is 10.4 Å². The van der Waals surface area contributed by atoms with E-state index in [0.717, 1.165) is 25.2 Å². The zero-order chi connectivity index (χ0) is 16.9. The van der Waals surface area contributed by atoms with Gasteiger partial charge in [-0.05, 0) is 30.5 Å². The van der Waals surface area contributed by atoms with Crippen molar-refractivity contribution in [2.45, 2.75) is 32.4 Å². The first-order chi connectivity index (χ1) is 11.6. The van der Waals surface area contributed by atoms with Gasteiger partial charge in [-0.15, -0.1) is 0 Å². The number of aliphatic hydroxyl groups excluding tert-OH is 1. The lowest BCUT2D eigenvalue weighted by Crippen LogP contribution is -2.42. The van der Waals surface area contributed by atoms with E-state index in [2.05, 4.69) is 44.7 Å². The van der Waals surface area contributed by atoms with Crippen molar-refractivity contribution in [1.29, 1.82) is 0 Å². The van der Waals surface area contributed by atoms with Gasteiger partial charge in [-0.1, -0.05) is 24.3 Å². The summed E-state index contributed by atoms with van der Waals surface area (Å²) in [5.41, 5.74) is 4.37. The van der Waals surface area contributed by atoms with E-state index in [4.69, 9.17) is 0 Å². The highest BCUT2D eigenvalue weighted by atomic mass is 16.3. The van der Waals surface area contributed by atoms with Crippen molar-refractivity contribution in [2.75, 3.05) is 19.6 Å². The molecule has 1 unspecified atom stereocenters. The third kappa shape index (κ3) is 4.43. The van der Waals surface area contributed by atoms with Crippen molar-refractivity contribution in [3.63, 3.8) is 0 Å². The minimum atomic E-state index is -0.569. The number of rotatable bonds is 6. The molecule has 0 aliphatic carbocycles. The van der Waals surface area contributed by atoms with Crippen LogP contribution in [0.1, 0.15) is 22.5 Å². The standard InChI is InChI=1S/C18H24N4O2/c1-13-8-16(21-20-13)9-18(24)19-10-17(23)12-22-7-6-14-4-2-3-5-15(14)11-22/h2-5,8,17,23H,6-7,9-12H2,1H3,(H,19,24)(H,20,21). The van der Waals surface area contributed by atoms with E-state index in [1.165, 1.54) is 11.1 Å². The third-order valence-corrected chi connectivity index (χ3v) is 4.31. The first kappa shape index (κ1) is 16.7. The Morgan fingerprint density at radius 1 is 1.42 bits per heavy atom. The molecule has 1 aliphatic rings. The highest BCUT2D eigenvalue weighted by Gasteiger charge is 2.18. The number of β-amino-alcohol motifs (C(OH)–C–C–N with tert-alkyl or cyclic N) is 1. The van der Waals surface area contributed by atoms with Crippen LogP contribution in [0.15, 0.2) is 30.3 Å². The van der Waals surface area contributed by atoms with Gasteiger partial charge in [-0.25, -0.2) is 0 Å². The normalized spacial score (nSPS) is 15.8. The smallest absolute Gasteiger partial charge is 0.226 e. The van der Waals surface area contributed by atoms with Crippen LogP contribution in [0, 0.1) is 6.92 Å². The number of carbonyl (C=O) groups excluding carboxylic acids is 1. The van der Waals surface area contributed by atoms with E-state index in [1.807, 2.05) is 13.0 Å². The van der Waals surface area contributed by atoms with Crippen LogP contribution in [0.3, 0.4) is 0 Å². The van der Waals surface area contributed by atoms with Gasteiger partial charge in [-0.2, -0.15) is 5.10 Å². The molecule has 0 bridgehead atoms. The lowest BCUT2D eigenvalue weighted by molar-refractivity contribution is -0.121. The first-order valence-electron chi connectivity index (χ1n) is 8.35. The molecule has 6 nitrogen and oxygen atoms in total. The molecule has 24 heavy (non-hydrogen) atoms. The van der Waals surface area contributed by atoms with Gasteiger partial charge in [0.1, 0.15) is 0 Å². The number of aryl methyl sites for hydroxylation is 1. The molecule has 3 N–H and O–H groups in total. The lowest BCUT2D eigenvalue weighted by atomic mass is 10.00. The van der Waals surface area contributed by atoms with E-state index >= 15 is 0 Å². The van der Waals surface area contributed by atoms with Gasteiger partial charge in [0.15, 0.2) is 0 Å². The molecule has 128 valence electrons. The molecule has 0 fully saturated rings. The van der Waals surface area contributed by atoms with Crippen LogP contribution in [-0.4, -0.2) is 51.8 Å². The second-order valence-electron chi connectivity index (χ2n) is 6.43. The van der Waals surface area contributed by atoms with Crippen LogP contribution in [0.25, 0.3) is 0 Å². The number of fused-ring (bicyclic) bond motifs is 1. The van der Waals surface area contributed by atoms with E-state index in [-0.39, 0.29) is 18.9 Å². The predicted octanol–water partition coefficient (Wildman–Crippen LogP) is 0.796. The molecule has 6 heteroatoms. The van der Waals surface area contributed by atoms with Crippen LogP contribution in [0.5, 0.6) is 0 Å². The molecular weight excluding hydrogens is 304 g/mol. The van der Waals surface area contributed by atoms with E-state index in [0.29, 0.717) is 12.2 Å². The van der Waals surface area contributed by atoms with E-state index in [1.54, 1.807) is 0 Å². The van der Waals surface area contributed by atoms with Crippen molar-refractivity contribution in [3.8, 4) is 0 Å². The molecule has 1 atom stereocenters. The fraction of sp³-hybridized carbons (Fsp3) is 0.444. The van der Waals surface area contributed by atoms with Crippen molar-refractivity contribution < 1.29 is 9.90 Å². The van der Waals surface area contributed by atoms with Crippen molar-refractivity contribution in [2.24, 2.45) is 0 Å². The molecule has 2 aromatic rings. The highest BCUT2D eigenvalue weighted by Crippen LogP contribution is 2.18. The summed E-state index contributed by atoms with van der Waals surface area (Å²) in [4.78, 5) is 14.1. The summed E-state index contributed by atoms with van der Waals surface area (Å²) >= 11 is 0. The maximum Gasteiger partial charge on any atom is 0.226 e. The highest BCUT2D eigenvalue weighted by molar-refractivity contribution is 5.78. The van der Waals surface area contributed by atoms with Crippen LogP contribution in [0.4, 0.5) is 0 Å². The Hall–Kier alpha value is -2.18. The van der Waals surface area contributed by atoms with Crippen molar-refractivity contribution >= 4 is 5.91 Å². The van der Waals surface area contributed by atoms with Crippen molar-refractivity contribution in [3.05, 3.63) is 52.8 Å². The quantitative estimate of drug-likeness (QED) is 0.732. The number of benzene rings is 1. The number of aromatic amines is 1. The number of aromatic nitrogens is 2. The van der Waals surface area contributed by atoms with Gasteiger partial charge in [0, 0.05) is 31.9 Å². The van der Waals surface area contributed by atoms with Gasteiger partial charge >= 0.3 is 0 Å². The SMILES string of the molecule is Cc1cc(CC(=O)NCC(O)CN2CCc3ccccc3C2)n[nH]1. The molecule has 1 amide bonds. The van der Waals surface area contributed by atoms with Crippen LogP contribution in [0.2, 0.25) is 0 Å². The molecule has 0 radical (unpaired) electrons. The second-order valence-corrected chi connectivity index (χ2v) is 6.43. The van der Waals surface area contributed by atoms with Gasteiger partial charge in [-0.3, -0.25) is 14.8 Å². The number of hydrogen-bond donors (Lipinski definition) is 3. The maximum atomic E-state index is 11.9. The van der Waals surface area contributed by atoms with Gasteiger partial charge in [0.2, 0.25) is 5.91 Å². The van der Waals surface area contributed by atoms with E-state index < -0.39 is 6.10 Å². The lowest BCUT2D eigenvalue weighted by Gasteiger charge is -2.30. The van der Waals surface area contributed by atoms with Crippen LogP contribution >= 0.6 is 0 Å². The summed E-state index contributed by atoms with van der Waals surface area (Å²) in [6.45, 7) is 4.52. The molecule has 1 aromatic heterocycles. The molecule has 0 saturated carbocycles. The monoisotopic (exact) mass is 328 g/mol. The Bertz CT molecular complexity index is 698.